The van der Waals surface area contributed by atoms with Crippen molar-refractivity contribution in [1.82, 2.24) is 9.47 Å². The monoisotopic (exact) mass is 318 g/mol. The predicted molar refractivity (Wildman–Crippen MR) is 96.1 cm³/mol. The van der Waals surface area contributed by atoms with Crippen LogP contribution in [0.5, 0.6) is 0 Å². The summed E-state index contributed by atoms with van der Waals surface area (Å²) < 4.78 is 8.17. The topological polar surface area (TPSA) is 17.4 Å². The largest absolute Gasteiger partial charge is 0.357 e. The molecule has 2 heterocycles. The van der Waals surface area contributed by atoms with Crippen molar-refractivity contribution in [3.63, 3.8) is 0 Å². The minimum atomic E-state index is 0.0388. The lowest BCUT2D eigenvalue weighted by Crippen LogP contribution is -2.23. The van der Waals surface area contributed by atoms with Crippen LogP contribution >= 0.6 is 0 Å². The number of rotatable bonds is 4. The molecule has 0 aliphatic carbocycles. The average molecular weight is 318 g/mol. The highest BCUT2D eigenvalue weighted by Crippen LogP contribution is 2.29. The molecular formula is C21H22N2O. The lowest BCUT2D eigenvalue weighted by Gasteiger charge is -2.22. The van der Waals surface area contributed by atoms with Gasteiger partial charge in [-0.25, -0.2) is 0 Å². The van der Waals surface area contributed by atoms with Crippen LogP contribution in [0.25, 0.3) is 5.69 Å². The standard InChI is InChI=1S/C21H22N2O/c1-17-7-9-20(10-8-17)22-12-11-19(16-22)21-23(13-14-24-21)15-18-5-3-2-4-6-18/h2-12,16,21H,13-15H2,1H3/t21-/m1/s1. The summed E-state index contributed by atoms with van der Waals surface area (Å²) in [5.74, 6) is 0. The minimum Gasteiger partial charge on any atom is -0.357 e. The van der Waals surface area contributed by atoms with Crippen LogP contribution < -0.4 is 0 Å². The molecule has 4 rings (SSSR count). The van der Waals surface area contributed by atoms with Crippen molar-refractivity contribution < 1.29 is 4.74 Å². The summed E-state index contributed by atoms with van der Waals surface area (Å²) in [6.45, 7) is 4.78. The first-order chi connectivity index (χ1) is 11.8. The normalized spacial score (nSPS) is 18.1. The SMILES string of the molecule is Cc1ccc(-n2ccc([C@H]3OCCN3Cc3ccccc3)c2)cc1. The van der Waals surface area contributed by atoms with Gasteiger partial charge in [0, 0.05) is 36.7 Å². The summed E-state index contributed by atoms with van der Waals surface area (Å²) in [7, 11) is 0. The van der Waals surface area contributed by atoms with Gasteiger partial charge in [0.05, 0.1) is 6.61 Å². The predicted octanol–water partition coefficient (Wildman–Crippen LogP) is 4.32. The molecule has 0 saturated carbocycles. The Bertz CT molecular complexity index is 792. The molecule has 1 aromatic heterocycles. The molecule has 122 valence electrons. The van der Waals surface area contributed by atoms with Crippen LogP contribution in [0, 0.1) is 6.92 Å². The van der Waals surface area contributed by atoms with E-state index in [1.165, 1.54) is 22.4 Å². The lowest BCUT2D eigenvalue weighted by atomic mass is 10.2. The maximum absolute atomic E-state index is 6.00. The first kappa shape index (κ1) is 15.2. The molecule has 24 heavy (non-hydrogen) atoms. The van der Waals surface area contributed by atoms with Crippen molar-refractivity contribution in [1.29, 1.82) is 0 Å². The van der Waals surface area contributed by atoms with Gasteiger partial charge in [-0.15, -0.1) is 0 Å². The van der Waals surface area contributed by atoms with Gasteiger partial charge in [-0.2, -0.15) is 0 Å². The molecular weight excluding hydrogens is 296 g/mol. The number of hydrogen-bond acceptors (Lipinski definition) is 2. The van der Waals surface area contributed by atoms with Crippen LogP contribution in [0.4, 0.5) is 0 Å². The second kappa shape index (κ2) is 6.63. The molecule has 0 bridgehead atoms. The Morgan fingerprint density at radius 2 is 1.79 bits per heavy atom. The molecule has 3 heteroatoms. The van der Waals surface area contributed by atoms with Gasteiger partial charge in [-0.05, 0) is 30.7 Å². The Balaban J connectivity index is 1.53. The molecule has 1 atom stereocenters. The summed E-state index contributed by atoms with van der Waals surface area (Å²) in [5, 5.41) is 0. The molecule has 0 N–H and O–H groups in total. The third kappa shape index (κ3) is 3.14. The van der Waals surface area contributed by atoms with E-state index in [1.807, 2.05) is 0 Å². The van der Waals surface area contributed by atoms with Crippen LogP contribution in [0.2, 0.25) is 0 Å². The maximum Gasteiger partial charge on any atom is 0.138 e. The van der Waals surface area contributed by atoms with Crippen LogP contribution in [-0.4, -0.2) is 22.6 Å². The minimum absolute atomic E-state index is 0.0388. The van der Waals surface area contributed by atoms with Crippen molar-refractivity contribution in [2.45, 2.75) is 19.7 Å². The zero-order chi connectivity index (χ0) is 16.4. The Hall–Kier alpha value is -2.36. The number of aromatic nitrogens is 1. The van der Waals surface area contributed by atoms with Gasteiger partial charge in [0.1, 0.15) is 6.23 Å². The Morgan fingerprint density at radius 1 is 1.00 bits per heavy atom. The average Bonchev–Trinajstić information content (AvgIpc) is 3.25. The van der Waals surface area contributed by atoms with Crippen molar-refractivity contribution in [2.24, 2.45) is 0 Å². The summed E-state index contributed by atoms with van der Waals surface area (Å²) in [6.07, 6.45) is 4.33. The smallest absolute Gasteiger partial charge is 0.138 e. The van der Waals surface area contributed by atoms with Gasteiger partial charge in [-0.1, -0.05) is 48.0 Å². The number of hydrogen-bond donors (Lipinski definition) is 0. The van der Waals surface area contributed by atoms with Gasteiger partial charge in [0.2, 0.25) is 0 Å². The third-order valence-electron chi connectivity index (χ3n) is 4.55. The second-order valence-corrected chi connectivity index (χ2v) is 6.37. The fraction of sp³-hybridized carbons (Fsp3) is 0.238. The number of nitrogens with zero attached hydrogens (tertiary/aromatic N) is 2. The molecule has 2 aromatic carbocycles. The number of benzene rings is 2. The van der Waals surface area contributed by atoms with Gasteiger partial charge in [0.15, 0.2) is 0 Å². The van der Waals surface area contributed by atoms with Gasteiger partial charge < -0.3 is 9.30 Å². The van der Waals surface area contributed by atoms with Gasteiger partial charge in [0.25, 0.3) is 0 Å². The summed E-state index contributed by atoms with van der Waals surface area (Å²) >= 11 is 0. The van der Waals surface area contributed by atoms with E-state index in [-0.39, 0.29) is 6.23 Å². The molecule has 1 aliphatic rings. The highest BCUT2D eigenvalue weighted by atomic mass is 16.5. The molecule has 1 fully saturated rings. The first-order valence-electron chi connectivity index (χ1n) is 8.44. The van der Waals surface area contributed by atoms with E-state index in [4.69, 9.17) is 4.74 Å². The van der Waals surface area contributed by atoms with Crippen LogP contribution in [0.1, 0.15) is 22.9 Å². The van der Waals surface area contributed by atoms with Crippen molar-refractivity contribution in [3.8, 4) is 5.69 Å². The summed E-state index contributed by atoms with van der Waals surface area (Å²) in [6, 6.07) is 21.3. The van der Waals surface area contributed by atoms with Crippen LogP contribution in [-0.2, 0) is 11.3 Å². The first-order valence-corrected chi connectivity index (χ1v) is 8.44. The van der Waals surface area contributed by atoms with E-state index < -0.39 is 0 Å². The van der Waals surface area contributed by atoms with Gasteiger partial charge in [-0.3, -0.25) is 4.90 Å². The Morgan fingerprint density at radius 3 is 2.58 bits per heavy atom. The zero-order valence-corrected chi connectivity index (χ0v) is 13.9. The molecule has 3 aromatic rings. The van der Waals surface area contributed by atoms with E-state index in [1.54, 1.807) is 0 Å². The molecule has 0 spiro atoms. The second-order valence-electron chi connectivity index (χ2n) is 6.37. The quantitative estimate of drug-likeness (QED) is 0.713. The van der Waals surface area contributed by atoms with Crippen LogP contribution in [0.3, 0.4) is 0 Å². The Kier molecular flexibility index (Phi) is 4.20. The number of ether oxygens (including phenoxy) is 1. The highest BCUT2D eigenvalue weighted by Gasteiger charge is 2.27. The van der Waals surface area contributed by atoms with Crippen molar-refractivity contribution >= 4 is 0 Å². The van der Waals surface area contributed by atoms with Crippen molar-refractivity contribution in [2.75, 3.05) is 13.2 Å². The van der Waals surface area contributed by atoms with Gasteiger partial charge >= 0.3 is 0 Å². The molecule has 1 aliphatic heterocycles. The highest BCUT2D eigenvalue weighted by molar-refractivity contribution is 5.36. The lowest BCUT2D eigenvalue weighted by molar-refractivity contribution is 0.0288. The third-order valence-corrected chi connectivity index (χ3v) is 4.55. The fourth-order valence-electron chi connectivity index (χ4n) is 3.23. The Labute approximate surface area is 143 Å². The van der Waals surface area contributed by atoms with Crippen LogP contribution in [0.15, 0.2) is 73.1 Å². The molecule has 0 radical (unpaired) electrons. The van der Waals surface area contributed by atoms with E-state index >= 15 is 0 Å². The molecule has 0 unspecified atom stereocenters. The summed E-state index contributed by atoms with van der Waals surface area (Å²) in [4.78, 5) is 2.39. The van der Waals surface area contributed by atoms with E-state index in [9.17, 15) is 0 Å². The van der Waals surface area contributed by atoms with E-state index in [2.05, 4.69) is 89.4 Å². The molecule has 3 nitrogen and oxygen atoms in total. The zero-order valence-electron chi connectivity index (χ0n) is 13.9. The van der Waals surface area contributed by atoms with E-state index in [0.717, 1.165) is 19.7 Å². The summed E-state index contributed by atoms with van der Waals surface area (Å²) in [5.41, 5.74) is 4.99. The number of aryl methyl sites for hydroxylation is 1. The van der Waals surface area contributed by atoms with Crippen molar-refractivity contribution in [3.05, 3.63) is 89.7 Å². The molecule has 0 amide bonds. The maximum atomic E-state index is 6.00. The fourth-order valence-corrected chi connectivity index (χ4v) is 3.23. The molecule has 1 saturated heterocycles. The van der Waals surface area contributed by atoms with E-state index in [0.29, 0.717) is 0 Å².